The van der Waals surface area contributed by atoms with Crippen molar-refractivity contribution in [1.29, 1.82) is 0 Å². The van der Waals surface area contributed by atoms with Crippen molar-refractivity contribution >= 4 is 17.4 Å². The fourth-order valence-electron chi connectivity index (χ4n) is 2.12. The lowest BCUT2D eigenvalue weighted by Crippen LogP contribution is -2.05. The normalized spacial score (nSPS) is 14.8. The average molecular weight is 229 g/mol. The largest absolute Gasteiger partial charge is 0.412 e. The van der Waals surface area contributed by atoms with Crippen molar-refractivity contribution in [2.45, 2.75) is 18.8 Å². The number of para-hydroxylation sites is 1. The first-order chi connectivity index (χ1) is 8.29. The van der Waals surface area contributed by atoms with Crippen molar-refractivity contribution in [3.8, 4) is 5.88 Å². The number of aromatic nitrogens is 1. The van der Waals surface area contributed by atoms with Gasteiger partial charge in [0.1, 0.15) is 0 Å². The van der Waals surface area contributed by atoms with Crippen LogP contribution < -0.4 is 10.2 Å². The van der Waals surface area contributed by atoms with Gasteiger partial charge in [-0.2, -0.15) is 0 Å². The van der Waals surface area contributed by atoms with Crippen LogP contribution >= 0.6 is 0 Å². The molecule has 0 unspecified atom stereocenters. The molecule has 0 bridgehead atoms. The van der Waals surface area contributed by atoms with Gasteiger partial charge in [0, 0.05) is 11.5 Å². The minimum Gasteiger partial charge on any atom is -0.412 e. The second kappa shape index (κ2) is 3.73. The molecule has 86 valence electrons. The molecule has 1 aromatic heterocycles. The molecule has 1 fully saturated rings. The van der Waals surface area contributed by atoms with Gasteiger partial charge in [0.15, 0.2) is 5.43 Å². The third-order valence-corrected chi connectivity index (χ3v) is 3.06. The molecule has 0 spiro atoms. The predicted molar refractivity (Wildman–Crippen MR) is 63.2 cm³/mol. The summed E-state index contributed by atoms with van der Waals surface area (Å²) in [6, 6.07) is 6.99. The monoisotopic (exact) mass is 229 g/mol. The Morgan fingerprint density at radius 1 is 1.35 bits per heavy atom. The van der Waals surface area contributed by atoms with E-state index in [2.05, 4.69) is 4.98 Å². The minimum atomic E-state index is -0.127. The number of nitrogens with one attached hydrogen (secondary N) is 1. The molecule has 1 heterocycles. The van der Waals surface area contributed by atoms with Crippen LogP contribution in [0.4, 0.5) is 0 Å². The highest BCUT2D eigenvalue weighted by Crippen LogP contribution is 2.42. The van der Waals surface area contributed by atoms with Crippen LogP contribution in [0.5, 0.6) is 5.88 Å². The maximum atomic E-state index is 11.9. The second-order valence-electron chi connectivity index (χ2n) is 4.26. The van der Waals surface area contributed by atoms with Crippen LogP contribution in [0.1, 0.15) is 24.3 Å². The highest BCUT2D eigenvalue weighted by atomic mass is 16.5. The minimum absolute atomic E-state index is 0.127. The molecule has 0 saturated heterocycles. The number of hydrogen-bond donors (Lipinski definition) is 1. The zero-order chi connectivity index (χ0) is 11.8. The molecule has 4 heteroatoms. The highest BCUT2D eigenvalue weighted by molar-refractivity contribution is 5.83. The Bertz CT molecular complexity index is 641. The van der Waals surface area contributed by atoms with E-state index in [1.807, 2.05) is 12.1 Å². The van der Waals surface area contributed by atoms with Gasteiger partial charge in [-0.05, 0) is 30.4 Å². The smallest absolute Gasteiger partial charge is 0.299 e. The molecule has 2 aromatic rings. The van der Waals surface area contributed by atoms with Crippen LogP contribution in [0, 0.1) is 0 Å². The molecule has 1 aliphatic rings. The number of carbonyl (C=O) groups excluding carboxylic acids is 1. The van der Waals surface area contributed by atoms with Crippen molar-refractivity contribution in [2.24, 2.45) is 0 Å². The summed E-state index contributed by atoms with van der Waals surface area (Å²) in [4.78, 5) is 25.2. The Labute approximate surface area is 97.2 Å². The Hall–Kier alpha value is -2.10. The molecule has 0 radical (unpaired) electrons. The molecular formula is C13H11NO3. The first-order valence-electron chi connectivity index (χ1n) is 5.56. The molecule has 1 aliphatic carbocycles. The average Bonchev–Trinajstić information content (AvgIpc) is 3.13. The Balaban J connectivity index is 2.28. The quantitative estimate of drug-likeness (QED) is 0.818. The van der Waals surface area contributed by atoms with Crippen molar-refractivity contribution in [3.05, 3.63) is 40.1 Å². The van der Waals surface area contributed by atoms with Crippen LogP contribution in [0.15, 0.2) is 29.1 Å². The number of rotatable bonds is 3. The SMILES string of the molecule is O=COc1cc(=O)c2cccc(C3CC3)c2[nH]1. The lowest BCUT2D eigenvalue weighted by molar-refractivity contribution is -0.120. The molecule has 0 amide bonds. The third kappa shape index (κ3) is 1.71. The van der Waals surface area contributed by atoms with Gasteiger partial charge in [0.2, 0.25) is 5.88 Å². The molecule has 1 N–H and O–H groups in total. The van der Waals surface area contributed by atoms with Crippen LogP contribution in [-0.2, 0) is 4.79 Å². The maximum Gasteiger partial charge on any atom is 0.299 e. The molecule has 0 atom stereocenters. The van der Waals surface area contributed by atoms with E-state index >= 15 is 0 Å². The molecule has 4 nitrogen and oxygen atoms in total. The number of fused-ring (bicyclic) bond motifs is 1. The molecule has 0 aliphatic heterocycles. The number of benzene rings is 1. The summed E-state index contributed by atoms with van der Waals surface area (Å²) >= 11 is 0. The lowest BCUT2D eigenvalue weighted by atomic mass is 10.1. The lowest BCUT2D eigenvalue weighted by Gasteiger charge is -2.06. The zero-order valence-electron chi connectivity index (χ0n) is 9.10. The van der Waals surface area contributed by atoms with Crippen molar-refractivity contribution < 1.29 is 9.53 Å². The summed E-state index contributed by atoms with van der Waals surface area (Å²) in [5, 5.41) is 0.646. The Kier molecular flexibility index (Phi) is 2.21. The zero-order valence-corrected chi connectivity index (χ0v) is 9.10. The molecule has 1 saturated carbocycles. The van der Waals surface area contributed by atoms with Crippen LogP contribution in [0.2, 0.25) is 0 Å². The van der Waals surface area contributed by atoms with Crippen molar-refractivity contribution in [3.63, 3.8) is 0 Å². The summed E-state index contributed by atoms with van der Waals surface area (Å²) in [6.45, 7) is 0.316. The molecular weight excluding hydrogens is 218 g/mol. The third-order valence-electron chi connectivity index (χ3n) is 3.06. The van der Waals surface area contributed by atoms with Gasteiger partial charge in [-0.15, -0.1) is 0 Å². The first-order valence-corrected chi connectivity index (χ1v) is 5.56. The van der Waals surface area contributed by atoms with E-state index in [1.165, 1.54) is 6.07 Å². The van der Waals surface area contributed by atoms with Gasteiger partial charge >= 0.3 is 0 Å². The van der Waals surface area contributed by atoms with Crippen molar-refractivity contribution in [1.82, 2.24) is 4.98 Å². The Morgan fingerprint density at radius 2 is 2.18 bits per heavy atom. The van der Waals surface area contributed by atoms with Gasteiger partial charge in [-0.25, -0.2) is 0 Å². The first kappa shape index (κ1) is 10.1. The van der Waals surface area contributed by atoms with Gasteiger partial charge in [0.25, 0.3) is 6.47 Å². The van der Waals surface area contributed by atoms with Gasteiger partial charge < -0.3 is 9.72 Å². The van der Waals surface area contributed by atoms with E-state index in [0.717, 1.165) is 23.9 Å². The number of aromatic amines is 1. The summed E-state index contributed by atoms with van der Waals surface area (Å²) < 4.78 is 4.71. The van der Waals surface area contributed by atoms with Gasteiger partial charge in [-0.3, -0.25) is 9.59 Å². The number of H-pyrrole nitrogens is 1. The van der Waals surface area contributed by atoms with Gasteiger partial charge in [0.05, 0.1) is 5.52 Å². The number of ether oxygens (including phenoxy) is 1. The topological polar surface area (TPSA) is 59.2 Å². The summed E-state index contributed by atoms with van der Waals surface area (Å²) in [5.74, 6) is 0.728. The second-order valence-corrected chi connectivity index (χ2v) is 4.26. The van der Waals surface area contributed by atoms with E-state index < -0.39 is 0 Å². The maximum absolute atomic E-state index is 11.9. The van der Waals surface area contributed by atoms with E-state index in [-0.39, 0.29) is 11.3 Å². The summed E-state index contributed by atoms with van der Waals surface area (Å²) in [6.07, 6.45) is 2.31. The Morgan fingerprint density at radius 3 is 2.88 bits per heavy atom. The van der Waals surface area contributed by atoms with E-state index in [1.54, 1.807) is 6.07 Å². The standard InChI is InChI=1S/C13H11NO3/c15-7-17-12-6-11(16)10-3-1-2-9(8-4-5-8)13(10)14-12/h1-3,6-8H,4-5H2,(H,14,16). The molecule has 1 aromatic carbocycles. The molecule has 3 rings (SSSR count). The fraction of sp³-hybridized carbons (Fsp3) is 0.231. The molecule has 17 heavy (non-hydrogen) atoms. The van der Waals surface area contributed by atoms with E-state index in [0.29, 0.717) is 17.8 Å². The van der Waals surface area contributed by atoms with E-state index in [4.69, 9.17) is 4.74 Å². The summed E-state index contributed by atoms with van der Waals surface area (Å²) in [5.41, 5.74) is 1.80. The fourth-order valence-corrected chi connectivity index (χ4v) is 2.12. The van der Waals surface area contributed by atoms with Crippen LogP contribution in [0.3, 0.4) is 0 Å². The van der Waals surface area contributed by atoms with Crippen LogP contribution in [-0.4, -0.2) is 11.5 Å². The predicted octanol–water partition coefficient (Wildman–Crippen LogP) is 1.94. The van der Waals surface area contributed by atoms with Crippen molar-refractivity contribution in [2.75, 3.05) is 0 Å². The number of hydrogen-bond acceptors (Lipinski definition) is 3. The number of carbonyl (C=O) groups is 1. The van der Waals surface area contributed by atoms with E-state index in [9.17, 15) is 9.59 Å². The number of pyridine rings is 1. The summed E-state index contributed by atoms with van der Waals surface area (Å²) in [7, 11) is 0. The van der Waals surface area contributed by atoms with Crippen LogP contribution in [0.25, 0.3) is 10.9 Å². The highest BCUT2D eigenvalue weighted by Gasteiger charge is 2.25. The van der Waals surface area contributed by atoms with Gasteiger partial charge in [-0.1, -0.05) is 12.1 Å².